The molecule has 0 aliphatic heterocycles. The van der Waals surface area contributed by atoms with Crippen molar-refractivity contribution in [3.05, 3.63) is 35.6 Å². The zero-order chi connectivity index (χ0) is 12.1. The zero-order valence-corrected chi connectivity index (χ0v) is 9.83. The molecule has 0 radical (unpaired) electrons. The number of amides is 1. The fraction of sp³-hybridized carbons (Fsp3) is 0.417. The first-order valence-corrected chi connectivity index (χ1v) is 5.19. The first kappa shape index (κ1) is 12.6. The second kappa shape index (κ2) is 5.61. The van der Waals surface area contributed by atoms with Crippen molar-refractivity contribution in [2.45, 2.75) is 19.5 Å². The lowest BCUT2D eigenvalue weighted by molar-refractivity contribution is -0.130. The Morgan fingerprint density at radius 1 is 1.50 bits per heavy atom. The third-order valence-corrected chi connectivity index (χ3v) is 2.31. The van der Waals surface area contributed by atoms with Gasteiger partial charge < -0.3 is 10.2 Å². The van der Waals surface area contributed by atoms with Crippen LogP contribution in [0.1, 0.15) is 12.5 Å². The monoisotopic (exact) mass is 224 g/mol. The molecule has 3 nitrogen and oxygen atoms in total. The summed E-state index contributed by atoms with van der Waals surface area (Å²) in [4.78, 5) is 13.1. The molecule has 16 heavy (non-hydrogen) atoms. The molecule has 0 bridgehead atoms. The molecule has 1 N–H and O–H groups in total. The van der Waals surface area contributed by atoms with Crippen molar-refractivity contribution in [3.8, 4) is 0 Å². The van der Waals surface area contributed by atoms with Gasteiger partial charge in [-0.2, -0.15) is 0 Å². The molecule has 1 rings (SSSR count). The molecule has 0 fully saturated rings. The summed E-state index contributed by atoms with van der Waals surface area (Å²) < 4.78 is 12.9. The molecule has 0 aromatic heterocycles. The van der Waals surface area contributed by atoms with E-state index >= 15 is 0 Å². The summed E-state index contributed by atoms with van der Waals surface area (Å²) in [7, 11) is 3.42. The molecule has 0 saturated carbocycles. The van der Waals surface area contributed by atoms with E-state index in [1.165, 1.54) is 17.0 Å². The number of halogens is 1. The average molecular weight is 224 g/mol. The third-order valence-electron chi connectivity index (χ3n) is 2.31. The Balaban J connectivity index is 2.49. The van der Waals surface area contributed by atoms with Crippen LogP contribution in [0.2, 0.25) is 0 Å². The summed E-state index contributed by atoms with van der Waals surface area (Å²) in [5.41, 5.74) is 0.832. The van der Waals surface area contributed by atoms with E-state index in [1.807, 2.05) is 6.07 Å². The fourth-order valence-electron chi connectivity index (χ4n) is 1.39. The zero-order valence-electron chi connectivity index (χ0n) is 9.83. The van der Waals surface area contributed by atoms with Gasteiger partial charge in [0.15, 0.2) is 0 Å². The predicted octanol–water partition coefficient (Wildman–Crippen LogP) is 1.39. The van der Waals surface area contributed by atoms with Crippen molar-refractivity contribution in [1.82, 2.24) is 10.2 Å². The van der Waals surface area contributed by atoms with Crippen molar-refractivity contribution in [1.29, 1.82) is 0 Å². The maximum atomic E-state index is 12.9. The standard InChI is InChI=1S/C12H17FN2O/c1-9(12(16)15(2)3)14-8-10-5-4-6-11(13)7-10/h4-7,9,14H,8H2,1-3H3. The number of benzene rings is 1. The van der Waals surface area contributed by atoms with Crippen LogP contribution in [0.25, 0.3) is 0 Å². The molecule has 0 spiro atoms. The van der Waals surface area contributed by atoms with Crippen LogP contribution in [0, 0.1) is 5.82 Å². The van der Waals surface area contributed by atoms with Crippen molar-refractivity contribution in [2.75, 3.05) is 14.1 Å². The third kappa shape index (κ3) is 3.62. The number of hydrogen-bond donors (Lipinski definition) is 1. The normalized spacial score (nSPS) is 12.2. The summed E-state index contributed by atoms with van der Waals surface area (Å²) in [5, 5.41) is 3.05. The molecule has 1 amide bonds. The summed E-state index contributed by atoms with van der Waals surface area (Å²) in [6.07, 6.45) is 0. The summed E-state index contributed by atoms with van der Waals surface area (Å²) in [5.74, 6) is -0.248. The lowest BCUT2D eigenvalue weighted by atomic mass is 10.2. The number of nitrogens with one attached hydrogen (secondary N) is 1. The van der Waals surface area contributed by atoms with Gasteiger partial charge in [0.05, 0.1) is 6.04 Å². The highest BCUT2D eigenvalue weighted by molar-refractivity contribution is 5.80. The molecule has 4 heteroatoms. The number of nitrogens with zero attached hydrogens (tertiary/aromatic N) is 1. The Bertz CT molecular complexity index is 366. The molecule has 1 atom stereocenters. The van der Waals surface area contributed by atoms with Gasteiger partial charge in [-0.3, -0.25) is 4.79 Å². The smallest absolute Gasteiger partial charge is 0.238 e. The van der Waals surface area contributed by atoms with Crippen LogP contribution in [-0.2, 0) is 11.3 Å². The highest BCUT2D eigenvalue weighted by atomic mass is 19.1. The molecule has 1 aromatic carbocycles. The quantitative estimate of drug-likeness (QED) is 0.838. The van der Waals surface area contributed by atoms with Crippen LogP contribution in [0.4, 0.5) is 4.39 Å². The van der Waals surface area contributed by atoms with Crippen molar-refractivity contribution in [3.63, 3.8) is 0 Å². The minimum Gasteiger partial charge on any atom is -0.347 e. The van der Waals surface area contributed by atoms with Crippen LogP contribution in [0.5, 0.6) is 0 Å². The minimum absolute atomic E-state index is 0.0106. The van der Waals surface area contributed by atoms with Crippen molar-refractivity contribution < 1.29 is 9.18 Å². The Morgan fingerprint density at radius 2 is 2.19 bits per heavy atom. The van der Waals surface area contributed by atoms with Crippen molar-refractivity contribution >= 4 is 5.91 Å². The SMILES string of the molecule is CC(NCc1cccc(F)c1)C(=O)N(C)C. The van der Waals surface area contributed by atoms with Gasteiger partial charge in [-0.15, -0.1) is 0 Å². The van der Waals surface area contributed by atoms with Gasteiger partial charge in [0.25, 0.3) is 0 Å². The van der Waals surface area contributed by atoms with Crippen molar-refractivity contribution in [2.24, 2.45) is 0 Å². The van der Waals surface area contributed by atoms with E-state index in [-0.39, 0.29) is 17.8 Å². The molecular formula is C12H17FN2O. The van der Waals surface area contributed by atoms with Crippen LogP contribution >= 0.6 is 0 Å². The number of hydrogen-bond acceptors (Lipinski definition) is 2. The first-order valence-electron chi connectivity index (χ1n) is 5.19. The average Bonchev–Trinajstić information content (AvgIpc) is 2.24. The van der Waals surface area contributed by atoms with Gasteiger partial charge in [0.2, 0.25) is 5.91 Å². The van der Waals surface area contributed by atoms with E-state index < -0.39 is 0 Å². The summed E-state index contributed by atoms with van der Waals surface area (Å²) >= 11 is 0. The topological polar surface area (TPSA) is 32.3 Å². The molecule has 1 aromatic rings. The van der Waals surface area contributed by atoms with E-state index in [0.29, 0.717) is 6.54 Å². The van der Waals surface area contributed by atoms with E-state index in [1.54, 1.807) is 27.1 Å². The predicted molar refractivity (Wildman–Crippen MR) is 61.4 cm³/mol. The largest absolute Gasteiger partial charge is 0.347 e. The Hall–Kier alpha value is -1.42. The number of rotatable bonds is 4. The molecule has 0 aliphatic carbocycles. The second-order valence-electron chi connectivity index (χ2n) is 3.97. The van der Waals surface area contributed by atoms with Gasteiger partial charge in [-0.05, 0) is 24.6 Å². The maximum absolute atomic E-state index is 12.9. The lowest BCUT2D eigenvalue weighted by Gasteiger charge is -2.18. The van der Waals surface area contributed by atoms with Crippen LogP contribution in [0.3, 0.4) is 0 Å². The van der Waals surface area contributed by atoms with E-state index in [9.17, 15) is 9.18 Å². The molecule has 1 unspecified atom stereocenters. The fourth-order valence-corrected chi connectivity index (χ4v) is 1.39. The molecule has 0 saturated heterocycles. The van der Waals surface area contributed by atoms with Gasteiger partial charge in [-0.25, -0.2) is 4.39 Å². The Morgan fingerprint density at radius 3 is 2.75 bits per heavy atom. The van der Waals surface area contributed by atoms with E-state index in [0.717, 1.165) is 5.56 Å². The Kier molecular flexibility index (Phi) is 4.43. The molecule has 88 valence electrons. The number of carbonyl (C=O) groups excluding carboxylic acids is 1. The summed E-state index contributed by atoms with van der Waals surface area (Å²) in [6, 6.07) is 6.07. The molecular weight excluding hydrogens is 207 g/mol. The highest BCUT2D eigenvalue weighted by Crippen LogP contribution is 2.03. The number of carbonyl (C=O) groups is 1. The van der Waals surface area contributed by atoms with Gasteiger partial charge in [0, 0.05) is 20.6 Å². The van der Waals surface area contributed by atoms with Crippen LogP contribution < -0.4 is 5.32 Å². The molecule has 0 heterocycles. The minimum atomic E-state index is -0.265. The molecule has 0 aliphatic rings. The maximum Gasteiger partial charge on any atom is 0.238 e. The highest BCUT2D eigenvalue weighted by Gasteiger charge is 2.13. The van der Waals surface area contributed by atoms with E-state index in [4.69, 9.17) is 0 Å². The van der Waals surface area contributed by atoms with Gasteiger partial charge in [0.1, 0.15) is 5.82 Å². The van der Waals surface area contributed by atoms with E-state index in [2.05, 4.69) is 5.32 Å². The van der Waals surface area contributed by atoms with Crippen LogP contribution in [-0.4, -0.2) is 30.9 Å². The summed E-state index contributed by atoms with van der Waals surface area (Å²) in [6.45, 7) is 2.28. The second-order valence-corrected chi connectivity index (χ2v) is 3.97. The first-order chi connectivity index (χ1) is 7.50. The number of likely N-dealkylation sites (N-methyl/N-ethyl adjacent to an activating group) is 1. The Labute approximate surface area is 95.3 Å². The van der Waals surface area contributed by atoms with Gasteiger partial charge >= 0.3 is 0 Å². The van der Waals surface area contributed by atoms with Gasteiger partial charge in [-0.1, -0.05) is 12.1 Å². The lowest BCUT2D eigenvalue weighted by Crippen LogP contribution is -2.41. The van der Waals surface area contributed by atoms with Crippen LogP contribution in [0.15, 0.2) is 24.3 Å².